The summed E-state index contributed by atoms with van der Waals surface area (Å²) in [5.74, 6) is 1.85. The highest BCUT2D eigenvalue weighted by Crippen LogP contribution is 2.44. The number of rotatable bonds is 6. The molecule has 38 heavy (non-hydrogen) atoms. The van der Waals surface area contributed by atoms with Gasteiger partial charge in [0.15, 0.2) is 5.78 Å². The van der Waals surface area contributed by atoms with Gasteiger partial charge in [0.1, 0.15) is 18.1 Å². The molecule has 1 heterocycles. The molecule has 2 atom stereocenters. The summed E-state index contributed by atoms with van der Waals surface area (Å²) in [6.07, 6.45) is 1.22. The van der Waals surface area contributed by atoms with Crippen molar-refractivity contribution in [1.29, 1.82) is 0 Å². The number of benzene rings is 4. The Balaban J connectivity index is 1.34. The van der Waals surface area contributed by atoms with E-state index in [4.69, 9.17) is 9.47 Å². The number of hydrogen-bond donors (Lipinski definition) is 2. The van der Waals surface area contributed by atoms with E-state index < -0.39 is 0 Å². The lowest BCUT2D eigenvalue weighted by Gasteiger charge is -2.30. The molecule has 0 radical (unpaired) electrons. The number of para-hydroxylation sites is 2. The van der Waals surface area contributed by atoms with Gasteiger partial charge in [0.2, 0.25) is 0 Å². The lowest BCUT2D eigenvalue weighted by Crippen LogP contribution is -2.26. The minimum atomic E-state index is -0.286. The molecule has 0 saturated heterocycles. The van der Waals surface area contributed by atoms with Crippen LogP contribution in [-0.2, 0) is 11.4 Å². The first-order valence-corrected chi connectivity index (χ1v) is 13.0. The second-order valence-electron chi connectivity index (χ2n) is 9.79. The Hall–Kier alpha value is -4.51. The maximum Gasteiger partial charge on any atom is 0.163 e. The number of carbonyl (C=O) groups excluding carboxylic acids is 1. The van der Waals surface area contributed by atoms with Crippen LogP contribution in [0.2, 0.25) is 0 Å². The van der Waals surface area contributed by atoms with Gasteiger partial charge in [0, 0.05) is 17.7 Å². The number of anilines is 2. The van der Waals surface area contributed by atoms with Crippen LogP contribution in [0.3, 0.4) is 0 Å². The van der Waals surface area contributed by atoms with Crippen molar-refractivity contribution in [3.63, 3.8) is 0 Å². The van der Waals surface area contributed by atoms with Crippen molar-refractivity contribution in [2.75, 3.05) is 17.7 Å². The van der Waals surface area contributed by atoms with E-state index in [-0.39, 0.29) is 17.7 Å². The van der Waals surface area contributed by atoms with Crippen LogP contribution >= 0.6 is 0 Å². The summed E-state index contributed by atoms with van der Waals surface area (Å²) in [5.41, 5.74) is 6.97. The third kappa shape index (κ3) is 4.88. The van der Waals surface area contributed by atoms with Crippen LogP contribution in [0.25, 0.3) is 0 Å². The van der Waals surface area contributed by atoms with E-state index in [0.717, 1.165) is 57.3 Å². The van der Waals surface area contributed by atoms with Crippen molar-refractivity contribution < 1.29 is 14.3 Å². The van der Waals surface area contributed by atoms with Crippen molar-refractivity contribution in [1.82, 2.24) is 0 Å². The summed E-state index contributed by atoms with van der Waals surface area (Å²) < 4.78 is 11.5. The topological polar surface area (TPSA) is 59.6 Å². The van der Waals surface area contributed by atoms with Crippen LogP contribution in [0.1, 0.15) is 41.5 Å². The number of Topliss-reactive ketones (excluding diaryl/α,β-unsaturated/α-hetero) is 1. The SMILES string of the molecule is COc1ccc([C@H]2CC(=O)C3=C(C2)Nc2ccccc2N[C@@H]3c2cccc(OCc3ccccc3)c2)cc1. The second kappa shape index (κ2) is 10.5. The summed E-state index contributed by atoms with van der Waals surface area (Å²) in [7, 11) is 1.66. The van der Waals surface area contributed by atoms with E-state index in [9.17, 15) is 4.79 Å². The largest absolute Gasteiger partial charge is 0.497 e. The van der Waals surface area contributed by atoms with Crippen LogP contribution in [-0.4, -0.2) is 12.9 Å². The van der Waals surface area contributed by atoms with E-state index in [2.05, 4.69) is 53.1 Å². The highest BCUT2D eigenvalue weighted by Gasteiger charge is 2.36. The van der Waals surface area contributed by atoms with Gasteiger partial charge in [-0.1, -0.05) is 66.7 Å². The number of allylic oxidation sites excluding steroid dienone is 1. The van der Waals surface area contributed by atoms with E-state index in [1.807, 2.05) is 60.7 Å². The van der Waals surface area contributed by atoms with E-state index in [1.54, 1.807) is 7.11 Å². The molecule has 0 bridgehead atoms. The van der Waals surface area contributed by atoms with E-state index >= 15 is 0 Å². The summed E-state index contributed by atoms with van der Waals surface area (Å²) in [6.45, 7) is 0.489. The zero-order valence-corrected chi connectivity index (χ0v) is 21.3. The minimum Gasteiger partial charge on any atom is -0.497 e. The Morgan fingerprint density at radius 2 is 1.53 bits per heavy atom. The van der Waals surface area contributed by atoms with Crippen LogP contribution in [0.5, 0.6) is 11.5 Å². The first-order valence-electron chi connectivity index (χ1n) is 13.0. The molecule has 190 valence electrons. The number of ether oxygens (including phenoxy) is 2. The fraction of sp³-hybridized carbons (Fsp3) is 0.182. The van der Waals surface area contributed by atoms with Crippen LogP contribution < -0.4 is 20.1 Å². The van der Waals surface area contributed by atoms with Crippen molar-refractivity contribution in [2.24, 2.45) is 0 Å². The van der Waals surface area contributed by atoms with Gasteiger partial charge in [-0.3, -0.25) is 4.79 Å². The van der Waals surface area contributed by atoms with Crippen LogP contribution in [0.15, 0.2) is 114 Å². The van der Waals surface area contributed by atoms with Gasteiger partial charge in [-0.15, -0.1) is 0 Å². The molecule has 0 unspecified atom stereocenters. The smallest absolute Gasteiger partial charge is 0.163 e. The Bertz CT molecular complexity index is 1480. The van der Waals surface area contributed by atoms with Crippen molar-refractivity contribution in [2.45, 2.75) is 31.4 Å². The van der Waals surface area contributed by atoms with Crippen molar-refractivity contribution in [3.8, 4) is 11.5 Å². The van der Waals surface area contributed by atoms with Gasteiger partial charge >= 0.3 is 0 Å². The first kappa shape index (κ1) is 23.9. The Morgan fingerprint density at radius 1 is 0.763 bits per heavy atom. The Morgan fingerprint density at radius 3 is 2.32 bits per heavy atom. The van der Waals surface area contributed by atoms with E-state index in [1.165, 1.54) is 0 Å². The van der Waals surface area contributed by atoms with Gasteiger partial charge in [-0.05, 0) is 65.4 Å². The molecule has 5 nitrogen and oxygen atoms in total. The molecule has 1 aliphatic carbocycles. The number of ketones is 1. The summed E-state index contributed by atoms with van der Waals surface area (Å²) in [6, 6.07) is 34.1. The number of fused-ring (bicyclic) bond motifs is 1. The lowest BCUT2D eigenvalue weighted by molar-refractivity contribution is -0.116. The molecule has 2 aliphatic rings. The van der Waals surface area contributed by atoms with Crippen molar-refractivity contribution >= 4 is 17.2 Å². The predicted octanol–water partition coefficient (Wildman–Crippen LogP) is 7.25. The predicted molar refractivity (Wildman–Crippen MR) is 151 cm³/mol. The molecule has 2 N–H and O–H groups in total. The zero-order chi connectivity index (χ0) is 25.9. The van der Waals surface area contributed by atoms with E-state index in [0.29, 0.717) is 13.0 Å². The number of hydrogen-bond acceptors (Lipinski definition) is 5. The Kier molecular flexibility index (Phi) is 6.57. The highest BCUT2D eigenvalue weighted by molar-refractivity contribution is 6.01. The summed E-state index contributed by atoms with van der Waals surface area (Å²) in [5, 5.41) is 7.28. The molecule has 0 spiro atoms. The van der Waals surface area contributed by atoms with Crippen LogP contribution in [0, 0.1) is 0 Å². The molecule has 4 aromatic carbocycles. The monoisotopic (exact) mass is 502 g/mol. The molecule has 0 fully saturated rings. The molecule has 0 saturated carbocycles. The quantitative estimate of drug-likeness (QED) is 0.291. The molecule has 5 heteroatoms. The molecule has 4 aromatic rings. The third-order valence-electron chi connectivity index (χ3n) is 7.34. The van der Waals surface area contributed by atoms with Crippen molar-refractivity contribution in [3.05, 3.63) is 131 Å². The van der Waals surface area contributed by atoms with Crippen LogP contribution in [0.4, 0.5) is 11.4 Å². The second-order valence-corrected chi connectivity index (χ2v) is 9.79. The number of nitrogens with one attached hydrogen (secondary N) is 2. The molecule has 0 aromatic heterocycles. The van der Waals surface area contributed by atoms with Gasteiger partial charge in [0.05, 0.1) is 24.5 Å². The lowest BCUT2D eigenvalue weighted by atomic mass is 9.78. The van der Waals surface area contributed by atoms with Gasteiger partial charge in [-0.25, -0.2) is 0 Å². The average Bonchev–Trinajstić information content (AvgIpc) is 3.14. The average molecular weight is 503 g/mol. The minimum absolute atomic E-state index is 0.103. The number of carbonyl (C=O) groups is 1. The fourth-order valence-electron chi connectivity index (χ4n) is 5.38. The summed E-state index contributed by atoms with van der Waals surface area (Å²) >= 11 is 0. The molecular formula is C33H30N2O3. The molecular weight excluding hydrogens is 472 g/mol. The van der Waals surface area contributed by atoms with Gasteiger partial charge < -0.3 is 20.1 Å². The maximum absolute atomic E-state index is 13.8. The molecule has 0 amide bonds. The normalized spacial score (nSPS) is 18.4. The third-order valence-corrected chi connectivity index (χ3v) is 7.34. The van der Waals surface area contributed by atoms with Gasteiger partial charge in [0.25, 0.3) is 0 Å². The molecule has 6 rings (SSSR count). The molecule has 1 aliphatic heterocycles. The maximum atomic E-state index is 13.8. The zero-order valence-electron chi connectivity index (χ0n) is 21.3. The Labute approximate surface area is 223 Å². The standard InChI is InChI=1S/C33H30N2O3/c1-37-26-16-14-23(15-17-26)25-19-30-32(31(36)20-25)33(35-29-13-6-5-12-28(29)34-30)24-10-7-11-27(18-24)38-21-22-8-3-2-4-9-22/h2-18,25,33-35H,19-21H2,1H3/t25-,33-/m1/s1. The number of methoxy groups -OCH3 is 1. The highest BCUT2D eigenvalue weighted by atomic mass is 16.5. The fourth-order valence-corrected chi connectivity index (χ4v) is 5.38. The first-order chi connectivity index (χ1) is 18.7. The van der Waals surface area contributed by atoms with Gasteiger partial charge in [-0.2, -0.15) is 0 Å². The summed E-state index contributed by atoms with van der Waals surface area (Å²) in [4.78, 5) is 13.8.